The summed E-state index contributed by atoms with van der Waals surface area (Å²) in [5, 5.41) is 2.32. The second-order valence-corrected chi connectivity index (χ2v) is 9.09. The van der Waals surface area contributed by atoms with Crippen LogP contribution in [-0.4, -0.2) is 57.5 Å². The Morgan fingerprint density at radius 3 is 2.24 bits per heavy atom. The second-order valence-electron chi connectivity index (χ2n) is 7.15. The van der Waals surface area contributed by atoms with Crippen molar-refractivity contribution < 1.29 is 40.7 Å². The third-order valence-electron chi connectivity index (χ3n) is 4.74. The maximum atomic E-state index is 12.6. The van der Waals surface area contributed by atoms with Crippen LogP contribution in [0.15, 0.2) is 59.5 Å². The Hall–Kier alpha value is -3.22. The molecule has 1 amide bonds. The summed E-state index contributed by atoms with van der Waals surface area (Å²) in [6.07, 6.45) is -2.03. The molecule has 2 aromatic carbocycles. The van der Waals surface area contributed by atoms with E-state index < -0.39 is 40.2 Å². The number of nitrogens with one attached hydrogen (secondary N) is 1. The molecular formula is C22H21F3N2O6S. The molecule has 1 aliphatic rings. The fraction of sp³-hybridized carbons (Fsp3) is 0.273. The summed E-state index contributed by atoms with van der Waals surface area (Å²) >= 11 is 0. The van der Waals surface area contributed by atoms with E-state index in [-0.39, 0.29) is 23.7 Å². The van der Waals surface area contributed by atoms with Gasteiger partial charge in [-0.25, -0.2) is 13.2 Å². The standard InChI is InChI=1S/C22H21F3N2O6S/c23-22(24,25)17-4-6-18(7-5-17)26-20(28)15-33-21(29)10-3-16-1-8-19(9-2-16)34(30,31)27-11-13-32-14-12-27/h1-10H,11-15H2,(H,26,28). The molecule has 1 heterocycles. The molecule has 182 valence electrons. The predicted molar refractivity (Wildman–Crippen MR) is 116 cm³/mol. The number of carbonyl (C=O) groups is 2. The van der Waals surface area contributed by atoms with Crippen molar-refractivity contribution in [3.05, 3.63) is 65.7 Å². The van der Waals surface area contributed by atoms with Crippen LogP contribution in [0.1, 0.15) is 11.1 Å². The van der Waals surface area contributed by atoms with Gasteiger partial charge in [-0.3, -0.25) is 4.79 Å². The Kier molecular flexibility index (Phi) is 8.07. The van der Waals surface area contributed by atoms with Crippen molar-refractivity contribution in [2.75, 3.05) is 38.2 Å². The minimum Gasteiger partial charge on any atom is -0.452 e. The van der Waals surface area contributed by atoms with E-state index in [0.29, 0.717) is 18.8 Å². The molecule has 0 spiro atoms. The highest BCUT2D eigenvalue weighted by Crippen LogP contribution is 2.29. The molecule has 0 aliphatic carbocycles. The summed E-state index contributed by atoms with van der Waals surface area (Å²) in [4.78, 5) is 23.8. The van der Waals surface area contributed by atoms with E-state index in [4.69, 9.17) is 9.47 Å². The van der Waals surface area contributed by atoms with E-state index in [1.807, 2.05) is 0 Å². The van der Waals surface area contributed by atoms with E-state index in [9.17, 15) is 31.2 Å². The number of esters is 1. The van der Waals surface area contributed by atoms with Crippen molar-refractivity contribution >= 4 is 33.7 Å². The van der Waals surface area contributed by atoms with Gasteiger partial charge in [-0.15, -0.1) is 0 Å². The summed E-state index contributed by atoms with van der Waals surface area (Å²) in [5.41, 5.74) is -0.197. The first kappa shape index (κ1) is 25.4. The van der Waals surface area contributed by atoms with Gasteiger partial charge in [-0.1, -0.05) is 12.1 Å². The third-order valence-corrected chi connectivity index (χ3v) is 6.65. The van der Waals surface area contributed by atoms with Gasteiger partial charge in [-0.05, 0) is 48.0 Å². The van der Waals surface area contributed by atoms with Crippen molar-refractivity contribution in [3.8, 4) is 0 Å². The van der Waals surface area contributed by atoms with Gasteiger partial charge in [-0.2, -0.15) is 17.5 Å². The number of rotatable bonds is 7. The molecule has 2 aromatic rings. The zero-order valence-corrected chi connectivity index (χ0v) is 18.6. The maximum Gasteiger partial charge on any atom is 0.416 e. The number of hydrogen-bond donors (Lipinski definition) is 1. The molecule has 1 saturated heterocycles. The van der Waals surface area contributed by atoms with Crippen LogP contribution in [0.3, 0.4) is 0 Å². The molecule has 0 bridgehead atoms. The van der Waals surface area contributed by atoms with Crippen LogP contribution in [0, 0.1) is 0 Å². The highest BCUT2D eigenvalue weighted by molar-refractivity contribution is 7.89. The first-order chi connectivity index (χ1) is 16.1. The highest BCUT2D eigenvalue weighted by atomic mass is 32.2. The average molecular weight is 498 g/mol. The van der Waals surface area contributed by atoms with Crippen molar-refractivity contribution in [2.24, 2.45) is 0 Å². The maximum absolute atomic E-state index is 12.6. The smallest absolute Gasteiger partial charge is 0.416 e. The first-order valence-corrected chi connectivity index (χ1v) is 11.5. The molecule has 0 unspecified atom stereocenters. The summed E-state index contributed by atoms with van der Waals surface area (Å²) in [5.74, 6) is -1.55. The number of nitrogens with zero attached hydrogens (tertiary/aromatic N) is 1. The molecular weight excluding hydrogens is 477 g/mol. The number of anilines is 1. The third kappa shape index (κ3) is 6.89. The van der Waals surface area contributed by atoms with E-state index in [2.05, 4.69) is 5.32 Å². The van der Waals surface area contributed by atoms with Gasteiger partial charge in [0.15, 0.2) is 6.61 Å². The number of halogens is 3. The molecule has 1 aliphatic heterocycles. The van der Waals surface area contributed by atoms with Crippen molar-refractivity contribution in [3.63, 3.8) is 0 Å². The highest BCUT2D eigenvalue weighted by Gasteiger charge is 2.30. The van der Waals surface area contributed by atoms with Gasteiger partial charge in [0.2, 0.25) is 10.0 Å². The Morgan fingerprint density at radius 2 is 1.65 bits per heavy atom. The van der Waals surface area contributed by atoms with Crippen molar-refractivity contribution in [1.29, 1.82) is 0 Å². The number of morpholine rings is 1. The zero-order chi connectivity index (χ0) is 24.8. The van der Waals surface area contributed by atoms with Crippen LogP contribution >= 0.6 is 0 Å². The normalized spacial score (nSPS) is 15.3. The molecule has 0 radical (unpaired) electrons. The van der Waals surface area contributed by atoms with Gasteiger partial charge in [0.1, 0.15) is 0 Å². The van der Waals surface area contributed by atoms with Crippen LogP contribution < -0.4 is 5.32 Å². The van der Waals surface area contributed by atoms with Gasteiger partial charge >= 0.3 is 12.1 Å². The van der Waals surface area contributed by atoms with E-state index >= 15 is 0 Å². The monoisotopic (exact) mass is 498 g/mol. The Balaban J connectivity index is 1.48. The molecule has 1 fully saturated rings. The van der Waals surface area contributed by atoms with Gasteiger partial charge < -0.3 is 14.8 Å². The largest absolute Gasteiger partial charge is 0.452 e. The number of carbonyl (C=O) groups excluding carboxylic acids is 2. The topological polar surface area (TPSA) is 102 Å². The zero-order valence-electron chi connectivity index (χ0n) is 17.7. The molecule has 0 aromatic heterocycles. The van der Waals surface area contributed by atoms with Gasteiger partial charge in [0, 0.05) is 24.9 Å². The average Bonchev–Trinajstić information content (AvgIpc) is 2.82. The van der Waals surface area contributed by atoms with E-state index in [1.165, 1.54) is 34.6 Å². The minimum atomic E-state index is -4.48. The lowest BCUT2D eigenvalue weighted by atomic mass is 10.2. The molecule has 8 nitrogen and oxygen atoms in total. The number of benzene rings is 2. The number of hydrogen-bond acceptors (Lipinski definition) is 6. The van der Waals surface area contributed by atoms with Gasteiger partial charge in [0.25, 0.3) is 5.91 Å². The lowest BCUT2D eigenvalue weighted by molar-refractivity contribution is -0.142. The molecule has 0 atom stereocenters. The lowest BCUT2D eigenvalue weighted by Gasteiger charge is -2.26. The second kappa shape index (κ2) is 10.8. The van der Waals surface area contributed by atoms with Crippen LogP contribution in [0.25, 0.3) is 6.08 Å². The summed E-state index contributed by atoms with van der Waals surface area (Å²) in [7, 11) is -3.63. The predicted octanol–water partition coefficient (Wildman–Crippen LogP) is 2.92. The fourth-order valence-electron chi connectivity index (χ4n) is 2.98. The van der Waals surface area contributed by atoms with Crippen LogP contribution in [0.4, 0.5) is 18.9 Å². The summed E-state index contributed by atoms with van der Waals surface area (Å²) in [6.45, 7) is 0.598. The Bertz CT molecular complexity index is 1140. The molecule has 0 saturated carbocycles. The molecule has 34 heavy (non-hydrogen) atoms. The SMILES string of the molecule is O=C(COC(=O)C=Cc1ccc(S(=O)(=O)N2CCOCC2)cc1)Nc1ccc(C(F)(F)F)cc1. The molecule has 1 N–H and O–H groups in total. The van der Waals surface area contributed by atoms with Gasteiger partial charge in [0.05, 0.1) is 23.7 Å². The number of sulfonamides is 1. The Morgan fingerprint density at radius 1 is 1.03 bits per heavy atom. The quantitative estimate of drug-likeness (QED) is 0.465. The summed E-state index contributed by atoms with van der Waals surface area (Å²) < 4.78 is 74.2. The number of ether oxygens (including phenoxy) is 2. The molecule has 3 rings (SSSR count). The fourth-order valence-corrected chi connectivity index (χ4v) is 4.38. The minimum absolute atomic E-state index is 0.120. The summed E-state index contributed by atoms with van der Waals surface area (Å²) in [6, 6.07) is 9.71. The van der Waals surface area contributed by atoms with E-state index in [0.717, 1.165) is 30.3 Å². The van der Waals surface area contributed by atoms with E-state index in [1.54, 1.807) is 0 Å². The van der Waals surface area contributed by atoms with Crippen molar-refractivity contribution in [2.45, 2.75) is 11.1 Å². The number of alkyl halides is 3. The van der Waals surface area contributed by atoms with Crippen LogP contribution in [-0.2, 0) is 35.3 Å². The molecule has 12 heteroatoms. The number of amides is 1. The Labute approximate surface area is 194 Å². The van der Waals surface area contributed by atoms with Crippen molar-refractivity contribution in [1.82, 2.24) is 4.31 Å². The van der Waals surface area contributed by atoms with Crippen LogP contribution in [0.2, 0.25) is 0 Å². The first-order valence-electron chi connectivity index (χ1n) is 10.1. The van der Waals surface area contributed by atoms with Crippen LogP contribution in [0.5, 0.6) is 0 Å². The lowest BCUT2D eigenvalue weighted by Crippen LogP contribution is -2.40.